The highest BCUT2D eigenvalue weighted by Crippen LogP contribution is 2.19. The molecule has 0 aliphatic carbocycles. The Kier molecular flexibility index (Phi) is 4.58. The summed E-state index contributed by atoms with van der Waals surface area (Å²) < 4.78 is 5.23. The monoisotopic (exact) mass is 301 g/mol. The van der Waals surface area contributed by atoms with Gasteiger partial charge in [0.2, 0.25) is 5.89 Å². The van der Waals surface area contributed by atoms with Crippen LogP contribution in [0.2, 0.25) is 0 Å². The van der Waals surface area contributed by atoms with E-state index < -0.39 is 0 Å². The molecule has 6 nitrogen and oxygen atoms in total. The Bertz CT molecular complexity index is 575. The van der Waals surface area contributed by atoms with Crippen molar-refractivity contribution >= 4 is 11.6 Å². The third-order valence-electron chi connectivity index (χ3n) is 4.02. The van der Waals surface area contributed by atoms with Gasteiger partial charge in [-0.15, -0.1) is 0 Å². The average Bonchev–Trinajstić information content (AvgIpc) is 3.04. The normalized spacial score (nSPS) is 16.0. The Hall–Kier alpha value is -2.08. The summed E-state index contributed by atoms with van der Waals surface area (Å²) in [5.41, 5.74) is 1.31. The van der Waals surface area contributed by atoms with Crippen molar-refractivity contribution in [3.8, 4) is 0 Å². The molecule has 22 heavy (non-hydrogen) atoms. The van der Waals surface area contributed by atoms with E-state index in [1.807, 2.05) is 19.0 Å². The Morgan fingerprint density at radius 2 is 1.95 bits per heavy atom. The van der Waals surface area contributed by atoms with Gasteiger partial charge >= 0.3 is 0 Å². The highest BCUT2D eigenvalue weighted by atomic mass is 16.5. The molecular formula is C16H23N5O. The first-order valence-electron chi connectivity index (χ1n) is 7.75. The molecule has 1 saturated heterocycles. The van der Waals surface area contributed by atoms with E-state index in [9.17, 15) is 0 Å². The molecule has 1 aromatic heterocycles. The summed E-state index contributed by atoms with van der Waals surface area (Å²) in [7, 11) is 3.81. The molecule has 1 aliphatic rings. The van der Waals surface area contributed by atoms with E-state index in [1.54, 1.807) is 0 Å². The number of rotatable bonds is 5. The zero-order valence-electron chi connectivity index (χ0n) is 13.2. The van der Waals surface area contributed by atoms with E-state index >= 15 is 0 Å². The minimum atomic E-state index is 0.509. The predicted molar refractivity (Wildman–Crippen MR) is 87.1 cm³/mol. The molecule has 3 rings (SSSR count). The van der Waals surface area contributed by atoms with Crippen LogP contribution >= 0.6 is 0 Å². The predicted octanol–water partition coefficient (Wildman–Crippen LogP) is 1.89. The van der Waals surface area contributed by atoms with Crippen LogP contribution in [0.5, 0.6) is 0 Å². The van der Waals surface area contributed by atoms with Crippen molar-refractivity contribution in [1.29, 1.82) is 0 Å². The molecule has 0 unspecified atom stereocenters. The van der Waals surface area contributed by atoms with Crippen LogP contribution in [0.15, 0.2) is 34.9 Å². The quantitative estimate of drug-likeness (QED) is 0.910. The van der Waals surface area contributed by atoms with Crippen LogP contribution in [0.4, 0.5) is 11.6 Å². The second-order valence-corrected chi connectivity index (χ2v) is 5.86. The summed E-state index contributed by atoms with van der Waals surface area (Å²) in [6, 6.07) is 11.1. The number of hydrogen-bond acceptors (Lipinski definition) is 6. The summed E-state index contributed by atoms with van der Waals surface area (Å²) in [4.78, 5) is 8.61. The van der Waals surface area contributed by atoms with Crippen molar-refractivity contribution in [2.24, 2.45) is 0 Å². The van der Waals surface area contributed by atoms with E-state index in [0.29, 0.717) is 24.4 Å². The Balaban J connectivity index is 1.46. The largest absolute Gasteiger partial charge is 0.371 e. The number of piperidine rings is 1. The summed E-state index contributed by atoms with van der Waals surface area (Å²) in [5.74, 6) is 1.27. The van der Waals surface area contributed by atoms with Crippen molar-refractivity contribution in [3.05, 3.63) is 36.2 Å². The van der Waals surface area contributed by atoms with Gasteiger partial charge in [-0.05, 0) is 30.1 Å². The number of anilines is 2. The third-order valence-corrected chi connectivity index (χ3v) is 4.02. The molecule has 0 bridgehead atoms. The summed E-state index contributed by atoms with van der Waals surface area (Å²) >= 11 is 0. The van der Waals surface area contributed by atoms with Gasteiger partial charge < -0.3 is 19.6 Å². The lowest BCUT2D eigenvalue weighted by Crippen LogP contribution is -2.42. The lowest BCUT2D eigenvalue weighted by Gasteiger charge is -2.33. The van der Waals surface area contributed by atoms with Gasteiger partial charge in [0, 0.05) is 38.9 Å². The van der Waals surface area contributed by atoms with E-state index in [0.717, 1.165) is 25.9 Å². The number of aromatic nitrogens is 2. The molecule has 0 radical (unpaired) electrons. The van der Waals surface area contributed by atoms with Gasteiger partial charge in [-0.3, -0.25) is 0 Å². The van der Waals surface area contributed by atoms with Gasteiger partial charge in [0.15, 0.2) is 0 Å². The zero-order valence-corrected chi connectivity index (χ0v) is 13.2. The Labute approximate surface area is 131 Å². The van der Waals surface area contributed by atoms with Crippen LogP contribution in [-0.2, 0) is 6.54 Å². The molecule has 6 heteroatoms. The van der Waals surface area contributed by atoms with Gasteiger partial charge in [-0.2, -0.15) is 4.98 Å². The van der Waals surface area contributed by atoms with Gasteiger partial charge in [-0.25, -0.2) is 0 Å². The lowest BCUT2D eigenvalue weighted by atomic mass is 10.0. The molecule has 1 aliphatic heterocycles. The Morgan fingerprint density at radius 3 is 2.59 bits per heavy atom. The van der Waals surface area contributed by atoms with E-state index in [4.69, 9.17) is 4.52 Å². The summed E-state index contributed by atoms with van der Waals surface area (Å²) in [5, 5.41) is 7.44. The number of nitrogens with one attached hydrogen (secondary N) is 1. The zero-order chi connectivity index (χ0) is 15.4. The average molecular weight is 301 g/mol. The molecule has 118 valence electrons. The smallest absolute Gasteiger partial charge is 0.265 e. The van der Waals surface area contributed by atoms with Crippen LogP contribution < -0.4 is 15.1 Å². The van der Waals surface area contributed by atoms with Crippen molar-refractivity contribution in [2.45, 2.75) is 25.4 Å². The molecule has 1 N–H and O–H groups in total. The highest BCUT2D eigenvalue weighted by Gasteiger charge is 2.19. The van der Waals surface area contributed by atoms with Crippen molar-refractivity contribution in [3.63, 3.8) is 0 Å². The summed E-state index contributed by atoms with van der Waals surface area (Å²) in [6.45, 7) is 2.79. The van der Waals surface area contributed by atoms with Gasteiger partial charge in [0.1, 0.15) is 0 Å². The first-order chi connectivity index (χ1) is 10.7. The Morgan fingerprint density at radius 1 is 1.23 bits per heavy atom. The number of benzene rings is 1. The fourth-order valence-electron chi connectivity index (χ4n) is 2.71. The summed E-state index contributed by atoms with van der Waals surface area (Å²) in [6.07, 6.45) is 2.26. The topological polar surface area (TPSA) is 57.4 Å². The maximum absolute atomic E-state index is 5.23. The fourth-order valence-corrected chi connectivity index (χ4v) is 2.71. The molecular weight excluding hydrogens is 278 g/mol. The van der Waals surface area contributed by atoms with Gasteiger partial charge in [-0.1, -0.05) is 18.2 Å². The van der Waals surface area contributed by atoms with E-state index in [2.05, 4.69) is 50.7 Å². The van der Waals surface area contributed by atoms with Crippen molar-refractivity contribution in [2.75, 3.05) is 37.0 Å². The fraction of sp³-hybridized carbons (Fsp3) is 0.500. The maximum atomic E-state index is 5.23. The second-order valence-electron chi connectivity index (χ2n) is 5.86. The molecule has 2 aromatic rings. The number of para-hydroxylation sites is 1. The highest BCUT2D eigenvalue weighted by molar-refractivity contribution is 5.46. The van der Waals surface area contributed by atoms with Crippen LogP contribution in [0.3, 0.4) is 0 Å². The van der Waals surface area contributed by atoms with Crippen LogP contribution in [0.1, 0.15) is 18.7 Å². The number of hydrogen-bond donors (Lipinski definition) is 1. The van der Waals surface area contributed by atoms with Crippen LogP contribution in [-0.4, -0.2) is 43.4 Å². The minimum absolute atomic E-state index is 0.509. The SMILES string of the molecule is CN(C)c1noc(CNC2CCN(c3ccccc3)CC2)n1. The molecule has 0 atom stereocenters. The van der Waals surface area contributed by atoms with Crippen molar-refractivity contribution < 1.29 is 4.52 Å². The van der Waals surface area contributed by atoms with Crippen LogP contribution in [0, 0.1) is 0 Å². The molecule has 2 heterocycles. The molecule has 1 fully saturated rings. The van der Waals surface area contributed by atoms with Crippen molar-refractivity contribution in [1.82, 2.24) is 15.5 Å². The molecule has 0 amide bonds. The lowest BCUT2D eigenvalue weighted by molar-refractivity contribution is 0.341. The molecule has 0 spiro atoms. The van der Waals surface area contributed by atoms with E-state index in [1.165, 1.54) is 5.69 Å². The minimum Gasteiger partial charge on any atom is -0.371 e. The maximum Gasteiger partial charge on any atom is 0.265 e. The first kappa shape index (κ1) is 14.8. The molecule has 0 saturated carbocycles. The number of nitrogens with zero attached hydrogens (tertiary/aromatic N) is 4. The third kappa shape index (κ3) is 3.57. The molecule has 1 aromatic carbocycles. The van der Waals surface area contributed by atoms with E-state index in [-0.39, 0.29) is 0 Å². The standard InChI is InChI=1S/C16H23N5O/c1-20(2)16-18-15(22-19-16)12-17-13-8-10-21(11-9-13)14-6-4-3-5-7-14/h3-7,13,17H,8-12H2,1-2H3. The van der Waals surface area contributed by atoms with Gasteiger partial charge in [0.25, 0.3) is 5.95 Å². The van der Waals surface area contributed by atoms with Crippen LogP contribution in [0.25, 0.3) is 0 Å². The first-order valence-corrected chi connectivity index (χ1v) is 7.75. The second kappa shape index (κ2) is 6.79. The van der Waals surface area contributed by atoms with Gasteiger partial charge in [0.05, 0.1) is 6.54 Å².